The zero-order valence-corrected chi connectivity index (χ0v) is 18.6. The van der Waals surface area contributed by atoms with Crippen molar-refractivity contribution in [1.29, 1.82) is 0 Å². The highest BCUT2D eigenvalue weighted by molar-refractivity contribution is 5.73. The van der Waals surface area contributed by atoms with Crippen LogP contribution >= 0.6 is 0 Å². The van der Waals surface area contributed by atoms with Gasteiger partial charge in [-0.05, 0) is 57.1 Å². The van der Waals surface area contributed by atoms with Gasteiger partial charge in [-0.15, -0.1) is 0 Å². The van der Waals surface area contributed by atoms with Gasteiger partial charge < -0.3 is 4.74 Å². The summed E-state index contributed by atoms with van der Waals surface area (Å²) in [6.45, 7) is 6.24. The highest BCUT2D eigenvalue weighted by atomic mass is 16.5. The molecule has 0 saturated heterocycles. The lowest BCUT2D eigenvalue weighted by atomic mass is 10.1. The number of unbranched alkanes of at least 4 members (excludes halogenated alkanes) is 11. The lowest BCUT2D eigenvalue weighted by Gasteiger charge is -2.10. The first kappa shape index (κ1) is 24.5. The Morgan fingerprint density at radius 1 is 0.786 bits per heavy atom. The van der Waals surface area contributed by atoms with Gasteiger partial charge in [0.05, 0.1) is 0 Å². The SMILES string of the molecule is CCCCCCCC/C=C\CCCCCCCC(=O)Oc1c(C)cccc1C. The van der Waals surface area contributed by atoms with Crippen LogP contribution in [0.3, 0.4) is 0 Å². The molecular formula is C26H42O2. The molecule has 158 valence electrons. The van der Waals surface area contributed by atoms with Gasteiger partial charge in [0, 0.05) is 6.42 Å². The fraction of sp³-hybridized carbons (Fsp3) is 0.654. The van der Waals surface area contributed by atoms with E-state index in [0.29, 0.717) is 6.42 Å². The molecule has 0 atom stereocenters. The molecule has 1 aromatic carbocycles. The third-order valence-corrected chi connectivity index (χ3v) is 5.27. The van der Waals surface area contributed by atoms with Crippen LogP contribution in [-0.2, 0) is 4.79 Å². The van der Waals surface area contributed by atoms with Crippen LogP contribution in [0.1, 0.15) is 108 Å². The van der Waals surface area contributed by atoms with Crippen molar-refractivity contribution in [1.82, 2.24) is 0 Å². The summed E-state index contributed by atoms with van der Waals surface area (Å²) >= 11 is 0. The van der Waals surface area contributed by atoms with Crippen LogP contribution in [0.2, 0.25) is 0 Å². The number of hydrogen-bond donors (Lipinski definition) is 0. The first-order chi connectivity index (χ1) is 13.6. The van der Waals surface area contributed by atoms with Crippen molar-refractivity contribution in [2.45, 2.75) is 111 Å². The monoisotopic (exact) mass is 386 g/mol. The zero-order chi connectivity index (χ0) is 20.5. The summed E-state index contributed by atoms with van der Waals surface area (Å²) in [5, 5.41) is 0. The number of rotatable bonds is 16. The van der Waals surface area contributed by atoms with Gasteiger partial charge in [0.2, 0.25) is 0 Å². The van der Waals surface area contributed by atoms with E-state index in [4.69, 9.17) is 4.74 Å². The molecule has 0 fully saturated rings. The number of benzene rings is 1. The fourth-order valence-corrected chi connectivity index (χ4v) is 3.47. The van der Waals surface area contributed by atoms with E-state index in [1.165, 1.54) is 70.6 Å². The summed E-state index contributed by atoms with van der Waals surface area (Å²) in [6.07, 6.45) is 21.7. The van der Waals surface area contributed by atoms with E-state index in [2.05, 4.69) is 19.1 Å². The number of esters is 1. The minimum Gasteiger partial charge on any atom is -0.426 e. The average molecular weight is 387 g/mol. The molecule has 0 N–H and O–H groups in total. The maximum Gasteiger partial charge on any atom is 0.311 e. The maximum atomic E-state index is 12.0. The molecule has 0 aliphatic rings. The van der Waals surface area contributed by atoms with Gasteiger partial charge in [-0.3, -0.25) is 4.79 Å². The van der Waals surface area contributed by atoms with Gasteiger partial charge in [0.1, 0.15) is 5.75 Å². The van der Waals surface area contributed by atoms with E-state index in [0.717, 1.165) is 29.7 Å². The summed E-state index contributed by atoms with van der Waals surface area (Å²) in [5.74, 6) is 0.635. The Morgan fingerprint density at radius 2 is 1.29 bits per heavy atom. The minimum atomic E-state index is -0.102. The van der Waals surface area contributed by atoms with Crippen LogP contribution in [-0.4, -0.2) is 5.97 Å². The van der Waals surface area contributed by atoms with Gasteiger partial charge in [-0.2, -0.15) is 0 Å². The second-order valence-electron chi connectivity index (χ2n) is 8.03. The number of carbonyl (C=O) groups is 1. The highest BCUT2D eigenvalue weighted by Crippen LogP contribution is 2.23. The molecule has 0 bridgehead atoms. The number of para-hydroxylation sites is 1. The Morgan fingerprint density at radius 3 is 1.86 bits per heavy atom. The topological polar surface area (TPSA) is 26.3 Å². The molecular weight excluding hydrogens is 344 g/mol. The van der Waals surface area contributed by atoms with Crippen molar-refractivity contribution in [3.8, 4) is 5.75 Å². The molecule has 1 rings (SSSR count). The van der Waals surface area contributed by atoms with E-state index in [1.54, 1.807) is 0 Å². The van der Waals surface area contributed by atoms with Crippen molar-refractivity contribution < 1.29 is 9.53 Å². The summed E-state index contributed by atoms with van der Waals surface area (Å²) in [6, 6.07) is 5.96. The van der Waals surface area contributed by atoms with Crippen molar-refractivity contribution >= 4 is 5.97 Å². The number of carbonyl (C=O) groups excluding carboxylic acids is 1. The quantitative estimate of drug-likeness (QED) is 0.124. The maximum absolute atomic E-state index is 12.0. The van der Waals surface area contributed by atoms with E-state index in [1.807, 2.05) is 32.0 Å². The smallest absolute Gasteiger partial charge is 0.311 e. The van der Waals surface area contributed by atoms with Crippen molar-refractivity contribution in [2.75, 3.05) is 0 Å². The predicted molar refractivity (Wildman–Crippen MR) is 121 cm³/mol. The van der Waals surface area contributed by atoms with Gasteiger partial charge in [-0.25, -0.2) is 0 Å². The molecule has 0 saturated carbocycles. The van der Waals surface area contributed by atoms with Crippen molar-refractivity contribution in [3.05, 3.63) is 41.5 Å². The summed E-state index contributed by atoms with van der Waals surface area (Å²) in [7, 11) is 0. The molecule has 1 aromatic rings. The molecule has 0 aliphatic heterocycles. The Hall–Kier alpha value is -1.57. The fourth-order valence-electron chi connectivity index (χ4n) is 3.47. The van der Waals surface area contributed by atoms with Crippen LogP contribution in [0.25, 0.3) is 0 Å². The molecule has 28 heavy (non-hydrogen) atoms. The Kier molecular flexibility index (Phi) is 14.3. The van der Waals surface area contributed by atoms with E-state index in [9.17, 15) is 4.79 Å². The summed E-state index contributed by atoms with van der Waals surface area (Å²) in [5.41, 5.74) is 2.05. The molecule has 0 unspecified atom stereocenters. The predicted octanol–water partition coefficient (Wildman–Crippen LogP) is 8.25. The lowest BCUT2D eigenvalue weighted by molar-refractivity contribution is -0.134. The number of allylic oxidation sites excluding steroid dienone is 2. The van der Waals surface area contributed by atoms with E-state index < -0.39 is 0 Å². The van der Waals surface area contributed by atoms with Gasteiger partial charge in [0.25, 0.3) is 0 Å². The largest absolute Gasteiger partial charge is 0.426 e. The van der Waals surface area contributed by atoms with E-state index >= 15 is 0 Å². The Labute approximate surface area is 173 Å². The minimum absolute atomic E-state index is 0.102. The Bertz CT molecular complexity index is 539. The number of hydrogen-bond acceptors (Lipinski definition) is 2. The third-order valence-electron chi connectivity index (χ3n) is 5.27. The van der Waals surface area contributed by atoms with Crippen LogP contribution in [0.15, 0.2) is 30.4 Å². The normalized spacial score (nSPS) is 11.2. The molecule has 0 aliphatic carbocycles. The van der Waals surface area contributed by atoms with Crippen LogP contribution in [0.4, 0.5) is 0 Å². The van der Waals surface area contributed by atoms with Crippen LogP contribution in [0.5, 0.6) is 5.75 Å². The third kappa shape index (κ3) is 12.0. The molecule has 0 aromatic heterocycles. The van der Waals surface area contributed by atoms with Gasteiger partial charge in [-0.1, -0.05) is 88.6 Å². The molecule has 0 amide bonds. The van der Waals surface area contributed by atoms with Crippen LogP contribution < -0.4 is 4.74 Å². The summed E-state index contributed by atoms with van der Waals surface area (Å²) in [4.78, 5) is 12.0. The average Bonchev–Trinajstić information content (AvgIpc) is 2.68. The van der Waals surface area contributed by atoms with Gasteiger partial charge >= 0.3 is 5.97 Å². The van der Waals surface area contributed by atoms with Crippen molar-refractivity contribution in [3.63, 3.8) is 0 Å². The first-order valence-corrected chi connectivity index (χ1v) is 11.6. The first-order valence-electron chi connectivity index (χ1n) is 11.6. The molecule has 0 spiro atoms. The molecule has 2 heteroatoms. The lowest BCUT2D eigenvalue weighted by Crippen LogP contribution is -2.09. The van der Waals surface area contributed by atoms with Crippen molar-refractivity contribution in [2.24, 2.45) is 0 Å². The Balaban J connectivity index is 1.93. The molecule has 0 radical (unpaired) electrons. The molecule has 2 nitrogen and oxygen atoms in total. The second kappa shape index (κ2) is 16.4. The number of aryl methyl sites for hydroxylation is 2. The van der Waals surface area contributed by atoms with Crippen LogP contribution in [0, 0.1) is 13.8 Å². The standard InChI is InChI=1S/C26H42O2/c1-4-5-6-7-8-9-10-11-12-13-14-15-16-17-18-22-25(27)28-26-23(2)20-19-21-24(26)3/h11-12,19-21H,4-10,13-18,22H2,1-3H3/b12-11-. The molecule has 0 heterocycles. The van der Waals surface area contributed by atoms with Gasteiger partial charge in [0.15, 0.2) is 0 Å². The highest BCUT2D eigenvalue weighted by Gasteiger charge is 2.09. The number of ether oxygens (including phenoxy) is 1. The second-order valence-corrected chi connectivity index (χ2v) is 8.03. The zero-order valence-electron chi connectivity index (χ0n) is 18.6. The van der Waals surface area contributed by atoms with E-state index in [-0.39, 0.29) is 5.97 Å². The summed E-state index contributed by atoms with van der Waals surface area (Å²) < 4.78 is 5.55.